The van der Waals surface area contributed by atoms with Crippen molar-refractivity contribution in [2.75, 3.05) is 25.5 Å². The number of amides is 2. The second-order valence-electron chi connectivity index (χ2n) is 6.34. The van der Waals surface area contributed by atoms with Gasteiger partial charge in [0.1, 0.15) is 5.75 Å². The number of hydrogen-bond acceptors (Lipinski definition) is 4. The first-order chi connectivity index (χ1) is 13.1. The Hall–Kier alpha value is -2.57. The van der Waals surface area contributed by atoms with Gasteiger partial charge in [-0.3, -0.25) is 9.59 Å². The van der Waals surface area contributed by atoms with Crippen LogP contribution in [0.4, 0.5) is 5.69 Å². The molecule has 27 heavy (non-hydrogen) atoms. The van der Waals surface area contributed by atoms with Gasteiger partial charge in [0.2, 0.25) is 11.8 Å². The molecule has 0 spiro atoms. The molecule has 1 atom stereocenters. The van der Waals surface area contributed by atoms with E-state index in [0.29, 0.717) is 36.1 Å². The zero-order chi connectivity index (χ0) is 19.2. The summed E-state index contributed by atoms with van der Waals surface area (Å²) in [6, 6.07) is 14.0. The van der Waals surface area contributed by atoms with E-state index >= 15 is 0 Å². The van der Waals surface area contributed by atoms with Crippen LogP contribution in [0.3, 0.4) is 0 Å². The van der Waals surface area contributed by atoms with Gasteiger partial charge in [-0.15, -0.1) is 0 Å². The van der Waals surface area contributed by atoms with E-state index in [1.807, 2.05) is 24.3 Å². The molecule has 142 valence electrons. The van der Waals surface area contributed by atoms with Gasteiger partial charge in [-0.1, -0.05) is 35.9 Å². The van der Waals surface area contributed by atoms with Crippen molar-refractivity contribution in [2.45, 2.75) is 19.0 Å². The molecule has 1 aliphatic heterocycles. The summed E-state index contributed by atoms with van der Waals surface area (Å²) in [4.78, 5) is 26.8. The lowest BCUT2D eigenvalue weighted by Gasteiger charge is -2.33. The molecule has 1 fully saturated rings. The first-order valence-electron chi connectivity index (χ1n) is 8.76. The minimum Gasteiger partial charge on any atom is -0.497 e. The van der Waals surface area contributed by atoms with Crippen molar-refractivity contribution in [3.05, 3.63) is 59.1 Å². The number of anilines is 1. The minimum absolute atomic E-state index is 0.0645. The smallest absolute Gasteiger partial charge is 0.240 e. The van der Waals surface area contributed by atoms with E-state index in [1.54, 1.807) is 36.3 Å². The molecule has 1 unspecified atom stereocenters. The lowest BCUT2D eigenvalue weighted by Crippen LogP contribution is -2.55. The summed E-state index contributed by atoms with van der Waals surface area (Å²) in [5.41, 5.74) is 1.53. The molecule has 2 N–H and O–H groups in total. The van der Waals surface area contributed by atoms with E-state index in [1.165, 1.54) is 0 Å². The molecule has 1 saturated heterocycles. The van der Waals surface area contributed by atoms with E-state index < -0.39 is 6.04 Å². The molecule has 0 saturated carbocycles. The van der Waals surface area contributed by atoms with Crippen molar-refractivity contribution < 1.29 is 14.3 Å². The second-order valence-corrected chi connectivity index (χ2v) is 6.75. The second kappa shape index (κ2) is 8.88. The summed E-state index contributed by atoms with van der Waals surface area (Å²) in [5, 5.41) is 6.57. The van der Waals surface area contributed by atoms with Gasteiger partial charge in [0.15, 0.2) is 0 Å². The van der Waals surface area contributed by atoms with Crippen LogP contribution in [0.15, 0.2) is 48.5 Å². The highest BCUT2D eigenvalue weighted by molar-refractivity contribution is 6.31. The van der Waals surface area contributed by atoms with Gasteiger partial charge in [0, 0.05) is 36.4 Å². The van der Waals surface area contributed by atoms with E-state index in [0.717, 1.165) is 5.56 Å². The molecule has 3 rings (SSSR count). The molecule has 7 heteroatoms. The summed E-state index contributed by atoms with van der Waals surface area (Å²) in [6.07, 6.45) is 0.0645. The zero-order valence-electron chi connectivity index (χ0n) is 15.1. The standard InChI is InChI=1S/C20H22ClN3O3/c1-27-16-7-4-6-15(11-16)23-19(25)12-18-20(26)24(10-9-22-18)13-14-5-2-3-8-17(14)21/h2-8,11,18,22H,9-10,12-13H2,1H3,(H,23,25). The number of nitrogens with one attached hydrogen (secondary N) is 2. The number of hydrogen-bond donors (Lipinski definition) is 2. The number of ether oxygens (including phenoxy) is 1. The van der Waals surface area contributed by atoms with Crippen molar-refractivity contribution >= 4 is 29.1 Å². The van der Waals surface area contributed by atoms with Crippen molar-refractivity contribution in [1.29, 1.82) is 0 Å². The molecule has 2 aromatic carbocycles. The largest absolute Gasteiger partial charge is 0.497 e. The van der Waals surface area contributed by atoms with Crippen LogP contribution in [0.1, 0.15) is 12.0 Å². The average molecular weight is 388 g/mol. The van der Waals surface area contributed by atoms with E-state index in [-0.39, 0.29) is 18.2 Å². The number of halogens is 1. The molecule has 0 aromatic heterocycles. The predicted molar refractivity (Wildman–Crippen MR) is 105 cm³/mol. The van der Waals surface area contributed by atoms with Crippen LogP contribution in [-0.2, 0) is 16.1 Å². The van der Waals surface area contributed by atoms with Crippen molar-refractivity contribution in [3.63, 3.8) is 0 Å². The fourth-order valence-corrected chi connectivity index (χ4v) is 3.23. The molecular formula is C20H22ClN3O3. The number of carbonyl (C=O) groups excluding carboxylic acids is 2. The summed E-state index contributed by atoms with van der Waals surface area (Å²) in [6.45, 7) is 1.65. The number of rotatable bonds is 6. The van der Waals surface area contributed by atoms with Gasteiger partial charge < -0.3 is 20.3 Å². The molecule has 0 bridgehead atoms. The Morgan fingerprint density at radius 2 is 2.11 bits per heavy atom. The van der Waals surface area contributed by atoms with Crippen LogP contribution in [0.5, 0.6) is 5.75 Å². The Kier molecular flexibility index (Phi) is 6.32. The highest BCUT2D eigenvalue weighted by Gasteiger charge is 2.30. The Bertz CT molecular complexity index is 828. The SMILES string of the molecule is COc1cccc(NC(=O)CC2NCCN(Cc3ccccc3Cl)C2=O)c1. The van der Waals surface area contributed by atoms with Crippen LogP contribution < -0.4 is 15.4 Å². The summed E-state index contributed by atoms with van der Waals surface area (Å²) in [7, 11) is 1.57. The monoisotopic (exact) mass is 387 g/mol. The Morgan fingerprint density at radius 3 is 2.89 bits per heavy atom. The lowest BCUT2D eigenvalue weighted by molar-refractivity contribution is -0.138. The van der Waals surface area contributed by atoms with Gasteiger partial charge in [-0.05, 0) is 23.8 Å². The maximum absolute atomic E-state index is 12.7. The Morgan fingerprint density at radius 1 is 1.30 bits per heavy atom. The molecule has 2 amide bonds. The fraction of sp³-hybridized carbons (Fsp3) is 0.300. The summed E-state index contributed by atoms with van der Waals surface area (Å²) < 4.78 is 5.15. The maximum atomic E-state index is 12.7. The highest BCUT2D eigenvalue weighted by Crippen LogP contribution is 2.20. The van der Waals surface area contributed by atoms with Crippen LogP contribution >= 0.6 is 11.6 Å². The number of nitrogens with zero attached hydrogens (tertiary/aromatic N) is 1. The van der Waals surface area contributed by atoms with Gasteiger partial charge in [0.05, 0.1) is 19.6 Å². The molecule has 2 aromatic rings. The molecule has 0 radical (unpaired) electrons. The highest BCUT2D eigenvalue weighted by atomic mass is 35.5. The Labute approximate surface area is 163 Å². The Balaban J connectivity index is 1.60. The molecule has 1 aliphatic rings. The normalized spacial score (nSPS) is 16.9. The zero-order valence-corrected chi connectivity index (χ0v) is 15.8. The average Bonchev–Trinajstić information content (AvgIpc) is 2.67. The van der Waals surface area contributed by atoms with E-state index in [2.05, 4.69) is 10.6 Å². The van der Waals surface area contributed by atoms with Crippen LogP contribution in [0, 0.1) is 0 Å². The van der Waals surface area contributed by atoms with Crippen molar-refractivity contribution in [1.82, 2.24) is 10.2 Å². The maximum Gasteiger partial charge on any atom is 0.240 e. The quantitative estimate of drug-likeness (QED) is 0.799. The van der Waals surface area contributed by atoms with Crippen molar-refractivity contribution in [2.24, 2.45) is 0 Å². The first-order valence-corrected chi connectivity index (χ1v) is 9.14. The van der Waals surface area contributed by atoms with E-state index in [4.69, 9.17) is 16.3 Å². The summed E-state index contributed by atoms with van der Waals surface area (Å²) in [5.74, 6) is 0.334. The summed E-state index contributed by atoms with van der Waals surface area (Å²) >= 11 is 6.20. The van der Waals surface area contributed by atoms with E-state index in [9.17, 15) is 9.59 Å². The topological polar surface area (TPSA) is 70.7 Å². The predicted octanol–water partition coefficient (Wildman–Crippen LogP) is 2.68. The lowest BCUT2D eigenvalue weighted by atomic mass is 10.1. The third-order valence-electron chi connectivity index (χ3n) is 4.44. The molecule has 6 nitrogen and oxygen atoms in total. The van der Waals surface area contributed by atoms with Gasteiger partial charge >= 0.3 is 0 Å². The third-order valence-corrected chi connectivity index (χ3v) is 4.81. The van der Waals surface area contributed by atoms with Gasteiger partial charge in [0.25, 0.3) is 0 Å². The molecular weight excluding hydrogens is 366 g/mol. The fourth-order valence-electron chi connectivity index (χ4n) is 3.04. The molecule has 0 aliphatic carbocycles. The molecule has 1 heterocycles. The number of carbonyl (C=O) groups is 2. The third kappa shape index (κ3) is 4.99. The van der Waals surface area contributed by atoms with Crippen LogP contribution in [-0.4, -0.2) is 43.0 Å². The number of piperazine rings is 1. The number of methoxy groups -OCH3 is 1. The first kappa shape index (κ1) is 19.2. The van der Waals surface area contributed by atoms with Crippen LogP contribution in [0.2, 0.25) is 5.02 Å². The van der Waals surface area contributed by atoms with Crippen molar-refractivity contribution in [3.8, 4) is 5.75 Å². The number of benzene rings is 2. The van der Waals surface area contributed by atoms with Crippen LogP contribution in [0.25, 0.3) is 0 Å². The van der Waals surface area contributed by atoms with Gasteiger partial charge in [-0.25, -0.2) is 0 Å². The minimum atomic E-state index is -0.549. The van der Waals surface area contributed by atoms with Gasteiger partial charge in [-0.2, -0.15) is 0 Å².